The molecule has 1 rings (SSSR count). The lowest BCUT2D eigenvalue weighted by Gasteiger charge is -2.26. The lowest BCUT2D eigenvalue weighted by Crippen LogP contribution is -2.55. The Morgan fingerprint density at radius 1 is 1.18 bits per heavy atom. The topological polar surface area (TPSA) is 53.7 Å². The lowest BCUT2D eigenvalue weighted by molar-refractivity contribution is 0.120. The molecule has 0 saturated carbocycles. The number of halogens is 1. The van der Waals surface area contributed by atoms with Gasteiger partial charge in [-0.05, 0) is 5.56 Å². The minimum Gasteiger partial charge on any atom is -0.373 e. The maximum absolute atomic E-state index is 5.67. The van der Waals surface area contributed by atoms with Crippen LogP contribution in [0.4, 0.5) is 0 Å². The van der Waals surface area contributed by atoms with E-state index in [0.29, 0.717) is 19.0 Å². The molecular weight excluding hydrogens is 258 g/mol. The summed E-state index contributed by atoms with van der Waals surface area (Å²) in [6.45, 7) is 0.908. The predicted molar refractivity (Wildman–Crippen MR) is 70.4 cm³/mol. The lowest BCUT2D eigenvalue weighted by atomic mass is 10.2. The van der Waals surface area contributed by atoms with Crippen molar-refractivity contribution < 1.29 is 13.3 Å². The van der Waals surface area contributed by atoms with Gasteiger partial charge in [-0.15, -0.1) is 11.6 Å². The number of nitrogens with two attached hydrogens (primary N) is 1. The first-order chi connectivity index (χ1) is 8.22. The number of hydrogen-bond donors (Lipinski definition) is 1. The van der Waals surface area contributed by atoms with E-state index in [2.05, 4.69) is 0 Å². The van der Waals surface area contributed by atoms with Crippen molar-refractivity contribution in [3.63, 3.8) is 0 Å². The Morgan fingerprint density at radius 3 is 2.18 bits per heavy atom. The molecule has 6 heteroatoms. The van der Waals surface area contributed by atoms with Crippen molar-refractivity contribution in [1.82, 2.24) is 0 Å². The van der Waals surface area contributed by atoms with E-state index in [0.717, 1.165) is 10.8 Å². The first-order valence-electron chi connectivity index (χ1n) is 5.32. The molecule has 0 fully saturated rings. The van der Waals surface area contributed by atoms with Gasteiger partial charge in [0.25, 0.3) is 0 Å². The molecule has 17 heavy (non-hydrogen) atoms. The van der Waals surface area contributed by atoms with Crippen molar-refractivity contribution in [2.24, 2.45) is 5.73 Å². The maximum atomic E-state index is 5.67. The second-order valence-corrected chi connectivity index (χ2v) is 6.58. The van der Waals surface area contributed by atoms with Crippen LogP contribution in [-0.2, 0) is 19.8 Å². The average molecular weight is 276 g/mol. The SMILES string of the molecule is CO[Si](OC)(OCCCl)c1ccc(CN)cc1. The van der Waals surface area contributed by atoms with Gasteiger partial charge in [0.05, 0.1) is 6.61 Å². The van der Waals surface area contributed by atoms with Crippen molar-refractivity contribution in [2.75, 3.05) is 26.7 Å². The molecule has 0 aliphatic rings. The Balaban J connectivity index is 2.94. The third-order valence-electron chi connectivity index (χ3n) is 2.45. The van der Waals surface area contributed by atoms with Crippen LogP contribution in [0.15, 0.2) is 24.3 Å². The van der Waals surface area contributed by atoms with E-state index in [9.17, 15) is 0 Å². The van der Waals surface area contributed by atoms with Gasteiger partial charge in [0.1, 0.15) is 0 Å². The van der Waals surface area contributed by atoms with Gasteiger partial charge in [0.15, 0.2) is 0 Å². The Hall–Kier alpha value is -0.433. The third kappa shape index (κ3) is 3.51. The molecule has 0 spiro atoms. The fourth-order valence-corrected chi connectivity index (χ4v) is 3.73. The highest BCUT2D eigenvalue weighted by atomic mass is 35.5. The summed E-state index contributed by atoms with van der Waals surface area (Å²) in [6.07, 6.45) is 0. The summed E-state index contributed by atoms with van der Waals surface area (Å²) >= 11 is 5.63. The standard InChI is InChI=1S/C11H18ClNO3Si/c1-14-17(15-2,16-8-7-12)11-5-3-10(9-13)4-6-11/h3-6H,7-9,13H2,1-2H3. The van der Waals surface area contributed by atoms with Crippen molar-refractivity contribution in [3.05, 3.63) is 29.8 Å². The Bertz CT molecular complexity index is 330. The molecule has 0 bridgehead atoms. The van der Waals surface area contributed by atoms with Crippen LogP contribution < -0.4 is 10.9 Å². The Labute approximate surface area is 108 Å². The summed E-state index contributed by atoms with van der Waals surface area (Å²) in [5.74, 6) is 0.405. The minimum absolute atomic E-state index is 0.397. The molecule has 0 aliphatic heterocycles. The first-order valence-corrected chi connectivity index (χ1v) is 7.58. The zero-order chi connectivity index (χ0) is 12.7. The molecule has 1 aromatic carbocycles. The van der Waals surface area contributed by atoms with Gasteiger partial charge < -0.3 is 19.0 Å². The summed E-state index contributed by atoms with van der Waals surface area (Å²) in [5.41, 5.74) is 6.61. The van der Waals surface area contributed by atoms with Crippen LogP contribution in [-0.4, -0.2) is 35.5 Å². The molecule has 0 atom stereocenters. The molecule has 0 heterocycles. The van der Waals surface area contributed by atoms with Crippen LogP contribution in [0.3, 0.4) is 0 Å². The molecule has 0 aromatic heterocycles. The fourth-order valence-electron chi connectivity index (χ4n) is 1.54. The Morgan fingerprint density at radius 2 is 1.76 bits per heavy atom. The summed E-state index contributed by atoms with van der Waals surface area (Å²) in [5, 5.41) is 0.907. The first kappa shape index (κ1) is 14.6. The van der Waals surface area contributed by atoms with Crippen LogP contribution in [0.25, 0.3) is 0 Å². The maximum Gasteiger partial charge on any atom is 0.536 e. The van der Waals surface area contributed by atoms with Crippen LogP contribution in [0.1, 0.15) is 5.56 Å². The van der Waals surface area contributed by atoms with Gasteiger partial charge in [-0.2, -0.15) is 0 Å². The van der Waals surface area contributed by atoms with Crippen LogP contribution in [0.5, 0.6) is 0 Å². The van der Waals surface area contributed by atoms with E-state index >= 15 is 0 Å². The highest BCUT2D eigenvalue weighted by Gasteiger charge is 2.41. The second kappa shape index (κ2) is 7.10. The van der Waals surface area contributed by atoms with Gasteiger partial charge in [0, 0.05) is 31.8 Å². The average Bonchev–Trinajstić information content (AvgIpc) is 2.41. The van der Waals surface area contributed by atoms with E-state index in [1.54, 1.807) is 14.2 Å². The van der Waals surface area contributed by atoms with Gasteiger partial charge in [0.2, 0.25) is 0 Å². The van der Waals surface area contributed by atoms with Crippen LogP contribution >= 0.6 is 11.6 Å². The molecule has 1 aromatic rings. The molecule has 0 aliphatic carbocycles. The molecule has 0 unspecified atom stereocenters. The molecule has 4 nitrogen and oxygen atoms in total. The van der Waals surface area contributed by atoms with Gasteiger partial charge in [-0.1, -0.05) is 24.3 Å². The summed E-state index contributed by atoms with van der Waals surface area (Å²) in [4.78, 5) is 0. The summed E-state index contributed by atoms with van der Waals surface area (Å²) in [6, 6.07) is 7.74. The summed E-state index contributed by atoms with van der Waals surface area (Å²) in [7, 11) is 0.367. The summed E-state index contributed by atoms with van der Waals surface area (Å²) < 4.78 is 16.6. The van der Waals surface area contributed by atoms with E-state index in [-0.39, 0.29) is 0 Å². The molecule has 0 radical (unpaired) electrons. The molecular formula is C11H18ClNO3Si. The smallest absolute Gasteiger partial charge is 0.373 e. The van der Waals surface area contributed by atoms with Crippen molar-refractivity contribution in [2.45, 2.75) is 6.54 Å². The number of hydrogen-bond acceptors (Lipinski definition) is 4. The van der Waals surface area contributed by atoms with E-state index in [1.807, 2.05) is 24.3 Å². The van der Waals surface area contributed by atoms with Gasteiger partial charge >= 0.3 is 8.80 Å². The van der Waals surface area contributed by atoms with Gasteiger partial charge in [-0.25, -0.2) is 0 Å². The largest absolute Gasteiger partial charge is 0.536 e. The van der Waals surface area contributed by atoms with Crippen molar-refractivity contribution >= 4 is 25.6 Å². The van der Waals surface area contributed by atoms with Crippen molar-refractivity contribution in [1.29, 1.82) is 0 Å². The van der Waals surface area contributed by atoms with Crippen molar-refractivity contribution in [3.8, 4) is 0 Å². The second-order valence-electron chi connectivity index (χ2n) is 3.40. The monoisotopic (exact) mass is 275 g/mol. The van der Waals surface area contributed by atoms with E-state index in [1.165, 1.54) is 0 Å². The highest BCUT2D eigenvalue weighted by molar-refractivity contribution is 6.75. The van der Waals surface area contributed by atoms with E-state index < -0.39 is 8.80 Å². The van der Waals surface area contributed by atoms with Gasteiger partial charge in [-0.3, -0.25) is 0 Å². The number of benzene rings is 1. The van der Waals surface area contributed by atoms with Crippen LogP contribution in [0.2, 0.25) is 0 Å². The molecule has 2 N–H and O–H groups in total. The van der Waals surface area contributed by atoms with Crippen LogP contribution in [0, 0.1) is 0 Å². The molecule has 0 amide bonds. The quantitative estimate of drug-likeness (QED) is 0.592. The predicted octanol–water partition coefficient (Wildman–Crippen LogP) is 0.839. The van der Waals surface area contributed by atoms with E-state index in [4.69, 9.17) is 30.6 Å². The Kier molecular flexibility index (Phi) is 6.11. The minimum atomic E-state index is -2.80. The zero-order valence-corrected chi connectivity index (χ0v) is 11.9. The number of alkyl halides is 1. The fraction of sp³-hybridized carbons (Fsp3) is 0.455. The zero-order valence-electron chi connectivity index (χ0n) is 10.1. The normalized spacial score (nSPS) is 11.8. The highest BCUT2D eigenvalue weighted by Crippen LogP contribution is 2.09. The molecule has 96 valence electrons. The number of rotatable bonds is 7. The molecule has 0 saturated heterocycles. The third-order valence-corrected chi connectivity index (χ3v) is 5.30.